The molecule has 1 atom stereocenters. The largest absolute Gasteiger partial charge is 0.366 e. The van der Waals surface area contributed by atoms with Crippen molar-refractivity contribution in [2.45, 2.75) is 18.4 Å². The number of benzene rings is 1. The van der Waals surface area contributed by atoms with Crippen LogP contribution >= 0.6 is 0 Å². The molecule has 1 radical (unpaired) electrons. The summed E-state index contributed by atoms with van der Waals surface area (Å²) < 4.78 is 0. The van der Waals surface area contributed by atoms with Crippen molar-refractivity contribution in [2.75, 3.05) is 13.1 Å². The Morgan fingerprint density at radius 1 is 1.28 bits per heavy atom. The quantitative estimate of drug-likeness (QED) is 0.795. The molecule has 93 valence electrons. The molecule has 1 fully saturated rings. The van der Waals surface area contributed by atoms with Crippen molar-refractivity contribution >= 4 is 5.91 Å². The molecule has 18 heavy (non-hydrogen) atoms. The molecule has 0 bridgehead atoms. The SMILES string of the molecule is C#CC(O)(C(=O)N1CC[CH]CC1)c1ccccc1. The summed E-state index contributed by atoms with van der Waals surface area (Å²) in [6.45, 7) is 1.24. The highest BCUT2D eigenvalue weighted by Crippen LogP contribution is 2.24. The maximum absolute atomic E-state index is 12.4. The van der Waals surface area contributed by atoms with Crippen LogP contribution in [0, 0.1) is 18.8 Å². The van der Waals surface area contributed by atoms with Gasteiger partial charge in [0.2, 0.25) is 5.60 Å². The Kier molecular flexibility index (Phi) is 3.69. The molecule has 1 aliphatic heterocycles. The van der Waals surface area contributed by atoms with Gasteiger partial charge in [-0.25, -0.2) is 0 Å². The van der Waals surface area contributed by atoms with Crippen LogP contribution in [-0.4, -0.2) is 29.0 Å². The predicted molar refractivity (Wildman–Crippen MR) is 69.3 cm³/mol. The van der Waals surface area contributed by atoms with E-state index in [1.54, 1.807) is 29.2 Å². The van der Waals surface area contributed by atoms with Crippen molar-refractivity contribution in [3.8, 4) is 12.3 Å². The summed E-state index contributed by atoms with van der Waals surface area (Å²) in [4.78, 5) is 14.0. The summed E-state index contributed by atoms with van der Waals surface area (Å²) >= 11 is 0. The van der Waals surface area contributed by atoms with Crippen molar-refractivity contribution in [3.63, 3.8) is 0 Å². The predicted octanol–water partition coefficient (Wildman–Crippen LogP) is 1.33. The van der Waals surface area contributed by atoms with Gasteiger partial charge in [0.25, 0.3) is 5.91 Å². The molecule has 0 saturated carbocycles. The second kappa shape index (κ2) is 5.24. The molecule has 1 aromatic carbocycles. The van der Waals surface area contributed by atoms with Gasteiger partial charge in [-0.2, -0.15) is 0 Å². The molecule has 0 spiro atoms. The Balaban J connectivity index is 2.27. The van der Waals surface area contributed by atoms with Crippen LogP contribution in [0.2, 0.25) is 0 Å². The lowest BCUT2D eigenvalue weighted by atomic mass is 9.92. The number of nitrogens with zero attached hydrogens (tertiary/aromatic N) is 1. The number of aliphatic hydroxyl groups is 1. The van der Waals surface area contributed by atoms with Crippen LogP contribution in [0.4, 0.5) is 0 Å². The Hall–Kier alpha value is -1.79. The van der Waals surface area contributed by atoms with Gasteiger partial charge in [0, 0.05) is 18.7 Å². The van der Waals surface area contributed by atoms with E-state index in [4.69, 9.17) is 6.42 Å². The summed E-state index contributed by atoms with van der Waals surface area (Å²) in [6, 6.07) is 8.69. The van der Waals surface area contributed by atoms with Crippen molar-refractivity contribution < 1.29 is 9.90 Å². The van der Waals surface area contributed by atoms with Gasteiger partial charge in [-0.15, -0.1) is 6.42 Å². The molecule has 1 aliphatic rings. The highest BCUT2D eigenvalue weighted by Gasteiger charge is 2.39. The number of rotatable bonds is 2. The average Bonchev–Trinajstić information content (AvgIpc) is 2.47. The smallest absolute Gasteiger partial charge is 0.272 e. The van der Waals surface area contributed by atoms with E-state index in [0.717, 1.165) is 12.8 Å². The minimum absolute atomic E-state index is 0.399. The minimum Gasteiger partial charge on any atom is -0.366 e. The lowest BCUT2D eigenvalue weighted by Gasteiger charge is -2.32. The molecule has 1 heterocycles. The van der Waals surface area contributed by atoms with E-state index in [0.29, 0.717) is 18.7 Å². The Labute approximate surface area is 107 Å². The molecule has 2 rings (SSSR count). The third-order valence-electron chi connectivity index (χ3n) is 3.20. The molecular formula is C15H16NO2. The first kappa shape index (κ1) is 12.7. The molecule has 1 unspecified atom stereocenters. The number of piperidine rings is 1. The molecule has 1 saturated heterocycles. The number of likely N-dealkylation sites (tertiary alicyclic amines) is 1. The van der Waals surface area contributed by atoms with E-state index in [1.165, 1.54) is 0 Å². The second-order valence-corrected chi connectivity index (χ2v) is 4.38. The van der Waals surface area contributed by atoms with Crippen molar-refractivity contribution in [1.29, 1.82) is 0 Å². The number of amides is 1. The van der Waals surface area contributed by atoms with Crippen molar-refractivity contribution in [3.05, 3.63) is 42.3 Å². The standard InChI is InChI=1S/C15H16NO2/c1-2-15(18,13-9-5-3-6-10-13)14(17)16-11-7-4-8-12-16/h1,3-6,9-10,18H,7-8,11-12H2. The molecule has 3 nitrogen and oxygen atoms in total. The summed E-state index contributed by atoms with van der Waals surface area (Å²) in [6.07, 6.45) is 9.23. The van der Waals surface area contributed by atoms with Gasteiger partial charge in [0.05, 0.1) is 0 Å². The normalized spacial score (nSPS) is 18.8. The number of hydrogen-bond donors (Lipinski definition) is 1. The highest BCUT2D eigenvalue weighted by atomic mass is 16.3. The summed E-state index contributed by atoms with van der Waals surface area (Å²) in [5, 5.41) is 10.5. The summed E-state index contributed by atoms with van der Waals surface area (Å²) in [5.74, 6) is 1.85. The van der Waals surface area contributed by atoms with E-state index < -0.39 is 11.5 Å². The number of terminal acetylenes is 1. The van der Waals surface area contributed by atoms with E-state index in [-0.39, 0.29) is 0 Å². The topological polar surface area (TPSA) is 40.5 Å². The fourth-order valence-electron chi connectivity index (χ4n) is 2.13. The zero-order valence-corrected chi connectivity index (χ0v) is 10.2. The van der Waals surface area contributed by atoms with E-state index in [2.05, 4.69) is 12.3 Å². The maximum atomic E-state index is 12.4. The van der Waals surface area contributed by atoms with Gasteiger partial charge < -0.3 is 10.0 Å². The van der Waals surface area contributed by atoms with E-state index in [9.17, 15) is 9.90 Å². The van der Waals surface area contributed by atoms with Crippen molar-refractivity contribution in [1.82, 2.24) is 4.90 Å². The lowest BCUT2D eigenvalue weighted by molar-refractivity contribution is -0.147. The summed E-state index contributed by atoms with van der Waals surface area (Å²) in [7, 11) is 0. The Morgan fingerprint density at radius 3 is 2.44 bits per heavy atom. The lowest BCUT2D eigenvalue weighted by Crippen LogP contribution is -2.48. The van der Waals surface area contributed by atoms with Crippen LogP contribution in [0.3, 0.4) is 0 Å². The third kappa shape index (κ3) is 2.25. The first-order valence-corrected chi connectivity index (χ1v) is 6.05. The van der Waals surface area contributed by atoms with Gasteiger partial charge in [0.15, 0.2) is 0 Å². The molecule has 1 aromatic rings. The van der Waals surface area contributed by atoms with Gasteiger partial charge >= 0.3 is 0 Å². The Morgan fingerprint density at radius 2 is 1.89 bits per heavy atom. The highest BCUT2D eigenvalue weighted by molar-refractivity contribution is 5.89. The number of carbonyl (C=O) groups is 1. The van der Waals surface area contributed by atoms with E-state index in [1.807, 2.05) is 6.07 Å². The Bertz CT molecular complexity index is 457. The first-order valence-electron chi connectivity index (χ1n) is 6.05. The molecule has 3 heteroatoms. The zero-order valence-electron chi connectivity index (χ0n) is 10.2. The number of hydrogen-bond acceptors (Lipinski definition) is 2. The molecular weight excluding hydrogens is 226 g/mol. The molecule has 1 amide bonds. The van der Waals surface area contributed by atoms with Gasteiger partial charge in [0.1, 0.15) is 0 Å². The fraction of sp³-hybridized carbons (Fsp3) is 0.333. The van der Waals surface area contributed by atoms with Crippen LogP contribution in [0.15, 0.2) is 30.3 Å². The average molecular weight is 242 g/mol. The fourth-order valence-corrected chi connectivity index (χ4v) is 2.13. The first-order chi connectivity index (χ1) is 8.68. The second-order valence-electron chi connectivity index (χ2n) is 4.38. The molecule has 0 aliphatic carbocycles. The summed E-state index contributed by atoms with van der Waals surface area (Å²) in [5.41, 5.74) is -1.40. The van der Waals surface area contributed by atoms with Gasteiger partial charge in [-0.3, -0.25) is 4.79 Å². The van der Waals surface area contributed by atoms with Crippen molar-refractivity contribution in [2.24, 2.45) is 0 Å². The molecule has 0 aromatic heterocycles. The van der Waals surface area contributed by atoms with Crippen LogP contribution < -0.4 is 0 Å². The van der Waals surface area contributed by atoms with Crippen LogP contribution in [0.1, 0.15) is 18.4 Å². The third-order valence-corrected chi connectivity index (χ3v) is 3.20. The van der Waals surface area contributed by atoms with Crippen LogP contribution in [-0.2, 0) is 10.4 Å². The monoisotopic (exact) mass is 242 g/mol. The van der Waals surface area contributed by atoms with E-state index >= 15 is 0 Å². The van der Waals surface area contributed by atoms with Gasteiger partial charge in [-0.05, 0) is 19.3 Å². The van der Waals surface area contributed by atoms with Crippen LogP contribution in [0.25, 0.3) is 0 Å². The minimum atomic E-state index is -1.85. The maximum Gasteiger partial charge on any atom is 0.272 e. The van der Waals surface area contributed by atoms with Crippen LogP contribution in [0.5, 0.6) is 0 Å². The molecule has 1 N–H and O–H groups in total. The zero-order chi connectivity index (χ0) is 13.0. The van der Waals surface area contributed by atoms with Gasteiger partial charge in [-0.1, -0.05) is 36.3 Å². The number of carbonyl (C=O) groups excluding carboxylic acids is 1.